The third-order valence-electron chi connectivity index (χ3n) is 1.23. The SMILES string of the molecule is Oc1ncnc2[nH]ncc12.[PbH2]. The molecule has 2 aromatic rings. The van der Waals surface area contributed by atoms with Crippen LogP contribution in [0.1, 0.15) is 0 Å². The number of aromatic hydroxyl groups is 1. The summed E-state index contributed by atoms with van der Waals surface area (Å²) in [6.07, 6.45) is 2.75. The van der Waals surface area contributed by atoms with Crippen LogP contribution in [0.5, 0.6) is 5.88 Å². The van der Waals surface area contributed by atoms with Crippen molar-refractivity contribution in [1.82, 2.24) is 20.2 Å². The van der Waals surface area contributed by atoms with Crippen LogP contribution in [0, 0.1) is 0 Å². The van der Waals surface area contributed by atoms with Crippen LogP contribution in [-0.4, -0.2) is 52.6 Å². The minimum absolute atomic E-state index is 0. The molecule has 0 bridgehead atoms. The predicted molar refractivity (Wildman–Crippen MR) is 41.9 cm³/mol. The number of nitrogens with zero attached hydrogens (tertiary/aromatic N) is 3. The van der Waals surface area contributed by atoms with E-state index < -0.39 is 0 Å². The van der Waals surface area contributed by atoms with Crippen LogP contribution in [0.2, 0.25) is 0 Å². The van der Waals surface area contributed by atoms with Gasteiger partial charge < -0.3 is 5.11 Å². The molecule has 2 N–H and O–H groups in total. The van der Waals surface area contributed by atoms with Crippen molar-refractivity contribution in [3.8, 4) is 5.88 Å². The fourth-order valence-corrected chi connectivity index (χ4v) is 0.752. The van der Waals surface area contributed by atoms with Crippen molar-refractivity contribution < 1.29 is 5.11 Å². The molecule has 2 radical (unpaired) electrons. The summed E-state index contributed by atoms with van der Waals surface area (Å²) in [5, 5.41) is 15.9. The quantitative estimate of drug-likeness (QED) is 0.610. The molecule has 56 valence electrons. The van der Waals surface area contributed by atoms with Crippen molar-refractivity contribution in [2.24, 2.45) is 0 Å². The summed E-state index contributed by atoms with van der Waals surface area (Å²) in [4.78, 5) is 7.38. The molecular formula is C5H6N4OPb. The number of H-pyrrole nitrogens is 1. The van der Waals surface area contributed by atoms with E-state index in [0.29, 0.717) is 11.0 Å². The van der Waals surface area contributed by atoms with Crippen molar-refractivity contribution in [3.63, 3.8) is 0 Å². The maximum absolute atomic E-state index is 9.05. The second kappa shape index (κ2) is 3.11. The van der Waals surface area contributed by atoms with E-state index in [2.05, 4.69) is 20.2 Å². The predicted octanol–water partition coefficient (Wildman–Crippen LogP) is -0.858. The van der Waals surface area contributed by atoms with Crippen LogP contribution in [0.4, 0.5) is 0 Å². The Balaban J connectivity index is 0.000000605. The summed E-state index contributed by atoms with van der Waals surface area (Å²) < 4.78 is 0. The number of aromatic amines is 1. The Kier molecular flexibility index (Phi) is 2.37. The van der Waals surface area contributed by atoms with Gasteiger partial charge in [0.05, 0.1) is 6.20 Å². The van der Waals surface area contributed by atoms with Crippen LogP contribution in [-0.2, 0) is 0 Å². The van der Waals surface area contributed by atoms with Crippen LogP contribution in [0.15, 0.2) is 12.5 Å². The molecule has 0 aliphatic rings. The van der Waals surface area contributed by atoms with Crippen molar-refractivity contribution in [2.45, 2.75) is 0 Å². The van der Waals surface area contributed by atoms with Crippen LogP contribution >= 0.6 is 0 Å². The molecule has 5 nitrogen and oxygen atoms in total. The first-order valence-electron chi connectivity index (χ1n) is 2.71. The molecule has 0 saturated carbocycles. The number of hydrogen-bond acceptors (Lipinski definition) is 4. The van der Waals surface area contributed by atoms with Gasteiger partial charge in [0.1, 0.15) is 11.7 Å². The van der Waals surface area contributed by atoms with Gasteiger partial charge in [0, 0.05) is 0 Å². The van der Waals surface area contributed by atoms with Gasteiger partial charge in [-0.1, -0.05) is 0 Å². The molecule has 0 unspecified atom stereocenters. The normalized spacial score (nSPS) is 9.45. The van der Waals surface area contributed by atoms with Crippen molar-refractivity contribution in [2.75, 3.05) is 0 Å². The first-order valence-corrected chi connectivity index (χ1v) is 2.71. The van der Waals surface area contributed by atoms with Gasteiger partial charge in [0.25, 0.3) is 0 Å². The summed E-state index contributed by atoms with van der Waals surface area (Å²) >= 11 is 0. The van der Waals surface area contributed by atoms with Crippen molar-refractivity contribution in [1.29, 1.82) is 0 Å². The van der Waals surface area contributed by atoms with E-state index in [1.165, 1.54) is 12.5 Å². The van der Waals surface area contributed by atoms with Gasteiger partial charge >= 0.3 is 27.3 Å². The molecule has 0 fully saturated rings. The van der Waals surface area contributed by atoms with Crippen molar-refractivity contribution >= 4 is 38.3 Å². The monoisotopic (exact) mass is 346 g/mol. The molecule has 0 saturated heterocycles. The molecule has 0 aliphatic carbocycles. The molecule has 0 atom stereocenters. The molecular weight excluding hydrogens is 339 g/mol. The third kappa shape index (κ3) is 1.32. The van der Waals surface area contributed by atoms with Gasteiger partial charge in [-0.05, 0) is 0 Å². The Morgan fingerprint density at radius 3 is 2.91 bits per heavy atom. The summed E-state index contributed by atoms with van der Waals surface area (Å²) in [6, 6.07) is 0. The van der Waals surface area contributed by atoms with Crippen molar-refractivity contribution in [3.05, 3.63) is 12.5 Å². The first-order chi connectivity index (χ1) is 4.88. The van der Waals surface area contributed by atoms with Gasteiger partial charge in [0.2, 0.25) is 5.88 Å². The fourth-order valence-electron chi connectivity index (χ4n) is 0.752. The topological polar surface area (TPSA) is 74.7 Å². The molecule has 0 aromatic carbocycles. The Bertz CT molecular complexity index is 360. The van der Waals surface area contributed by atoms with E-state index >= 15 is 0 Å². The zero-order chi connectivity index (χ0) is 6.97. The average Bonchev–Trinajstić information content (AvgIpc) is 2.36. The first kappa shape index (κ1) is 8.37. The average molecular weight is 345 g/mol. The molecule has 6 heteroatoms. The Labute approximate surface area is 82.0 Å². The Hall–Kier alpha value is -0.728. The van der Waals surface area contributed by atoms with Gasteiger partial charge in [-0.25, -0.2) is 9.97 Å². The number of rotatable bonds is 0. The summed E-state index contributed by atoms with van der Waals surface area (Å²) in [5.41, 5.74) is 0.549. The van der Waals surface area contributed by atoms with E-state index in [1.54, 1.807) is 0 Å². The molecule has 0 aliphatic heterocycles. The summed E-state index contributed by atoms with van der Waals surface area (Å²) in [6.45, 7) is 0. The summed E-state index contributed by atoms with van der Waals surface area (Å²) in [7, 11) is 0. The van der Waals surface area contributed by atoms with Crippen LogP contribution in [0.3, 0.4) is 0 Å². The second-order valence-electron chi connectivity index (χ2n) is 1.83. The number of fused-ring (bicyclic) bond motifs is 1. The van der Waals surface area contributed by atoms with Gasteiger partial charge in [-0.15, -0.1) is 0 Å². The van der Waals surface area contributed by atoms with Crippen LogP contribution in [0.25, 0.3) is 11.0 Å². The van der Waals surface area contributed by atoms with Gasteiger partial charge in [-0.3, -0.25) is 5.10 Å². The van der Waals surface area contributed by atoms with E-state index in [-0.39, 0.29) is 33.2 Å². The van der Waals surface area contributed by atoms with E-state index in [9.17, 15) is 0 Å². The minimum atomic E-state index is -0.0428. The van der Waals surface area contributed by atoms with Crippen LogP contribution < -0.4 is 0 Å². The molecule has 0 spiro atoms. The summed E-state index contributed by atoms with van der Waals surface area (Å²) in [5.74, 6) is -0.0428. The maximum atomic E-state index is 9.05. The molecule has 2 aromatic heterocycles. The van der Waals surface area contributed by atoms with Gasteiger partial charge in [-0.2, -0.15) is 5.10 Å². The molecule has 11 heavy (non-hydrogen) atoms. The number of hydrogen-bond donors (Lipinski definition) is 2. The van der Waals surface area contributed by atoms with E-state index in [4.69, 9.17) is 5.11 Å². The standard InChI is InChI=1S/C5H4N4O.Pb.2H/c10-5-3-1-8-9-4(3)6-2-7-5;;;/h1-2H,(H2,6,7,8,9,10);;;. The van der Waals surface area contributed by atoms with E-state index in [1.807, 2.05) is 0 Å². The van der Waals surface area contributed by atoms with E-state index in [0.717, 1.165) is 0 Å². The Morgan fingerprint density at radius 2 is 2.18 bits per heavy atom. The molecule has 0 amide bonds. The number of aromatic nitrogens is 4. The number of nitrogens with one attached hydrogen (secondary N) is 1. The fraction of sp³-hybridized carbons (Fsp3) is 0. The molecule has 2 heterocycles. The zero-order valence-electron chi connectivity index (χ0n) is 5.65. The zero-order valence-corrected chi connectivity index (χ0v) is 11.1. The molecule has 2 rings (SSSR count). The second-order valence-corrected chi connectivity index (χ2v) is 1.83. The Morgan fingerprint density at radius 1 is 1.36 bits per heavy atom. The van der Waals surface area contributed by atoms with Gasteiger partial charge in [0.15, 0.2) is 5.65 Å². The third-order valence-corrected chi connectivity index (χ3v) is 1.23.